The van der Waals surface area contributed by atoms with Crippen LogP contribution in [0.5, 0.6) is 0 Å². The van der Waals surface area contributed by atoms with Crippen LogP contribution >= 0.6 is 0 Å². The minimum Gasteiger partial charge on any atom is -0.295 e. The fourth-order valence-electron chi connectivity index (χ4n) is 1.29. The fourth-order valence-corrected chi connectivity index (χ4v) is 1.29. The molecule has 0 aliphatic heterocycles. The third kappa shape index (κ3) is 1.69. The summed E-state index contributed by atoms with van der Waals surface area (Å²) in [5, 5.41) is 0. The van der Waals surface area contributed by atoms with E-state index in [0.717, 1.165) is 12.8 Å². The van der Waals surface area contributed by atoms with Crippen LogP contribution in [0, 0.1) is 11.8 Å². The Morgan fingerprint density at radius 1 is 1.60 bits per heavy atom. The molecule has 0 saturated heterocycles. The number of carbonyl (C=O) groups is 1. The standard InChI is InChI=1S/C9H14O/c1-7(2)8-4-3-5-9(10)6-8/h3,5,7-8H,4,6H2,1-2H3/t8-/m0/s1. The summed E-state index contributed by atoms with van der Waals surface area (Å²) >= 11 is 0. The minimum atomic E-state index is 0.296. The molecule has 0 heterocycles. The van der Waals surface area contributed by atoms with Crippen molar-refractivity contribution >= 4 is 5.78 Å². The molecule has 0 spiro atoms. The van der Waals surface area contributed by atoms with Crippen molar-refractivity contribution in [3.8, 4) is 0 Å². The molecule has 1 nitrogen and oxygen atoms in total. The summed E-state index contributed by atoms with van der Waals surface area (Å²) in [6, 6.07) is 0. The van der Waals surface area contributed by atoms with Crippen LogP contribution in [0.4, 0.5) is 0 Å². The van der Waals surface area contributed by atoms with Gasteiger partial charge in [-0.3, -0.25) is 4.79 Å². The van der Waals surface area contributed by atoms with Crippen molar-refractivity contribution in [1.82, 2.24) is 0 Å². The third-order valence-electron chi connectivity index (χ3n) is 2.15. The van der Waals surface area contributed by atoms with Gasteiger partial charge in [-0.05, 0) is 24.3 Å². The lowest BCUT2D eigenvalue weighted by Crippen LogP contribution is -2.15. The summed E-state index contributed by atoms with van der Waals surface area (Å²) in [5.41, 5.74) is 0. The highest BCUT2D eigenvalue weighted by molar-refractivity contribution is 5.90. The second-order valence-electron chi connectivity index (χ2n) is 3.31. The zero-order chi connectivity index (χ0) is 7.56. The molecule has 0 aromatic heterocycles. The summed E-state index contributed by atoms with van der Waals surface area (Å²) in [4.78, 5) is 10.9. The van der Waals surface area contributed by atoms with E-state index in [1.165, 1.54) is 0 Å². The maximum Gasteiger partial charge on any atom is 0.155 e. The first kappa shape index (κ1) is 7.52. The number of ketones is 1. The molecule has 1 atom stereocenters. The van der Waals surface area contributed by atoms with E-state index in [1.54, 1.807) is 6.08 Å². The smallest absolute Gasteiger partial charge is 0.155 e. The molecule has 0 fully saturated rings. The number of hydrogen-bond donors (Lipinski definition) is 0. The van der Waals surface area contributed by atoms with Crippen LogP contribution in [0.25, 0.3) is 0 Å². The summed E-state index contributed by atoms with van der Waals surface area (Å²) in [5.74, 6) is 1.54. The Labute approximate surface area is 62.1 Å². The average molecular weight is 138 g/mol. The van der Waals surface area contributed by atoms with Crippen molar-refractivity contribution in [2.45, 2.75) is 26.7 Å². The van der Waals surface area contributed by atoms with Crippen LogP contribution in [0.3, 0.4) is 0 Å². The lowest BCUT2D eigenvalue weighted by Gasteiger charge is -2.20. The van der Waals surface area contributed by atoms with E-state index in [0.29, 0.717) is 17.6 Å². The quantitative estimate of drug-likeness (QED) is 0.542. The number of carbonyl (C=O) groups excluding carboxylic acids is 1. The van der Waals surface area contributed by atoms with Gasteiger partial charge in [0.05, 0.1) is 0 Å². The van der Waals surface area contributed by atoms with Crippen LogP contribution in [0.15, 0.2) is 12.2 Å². The van der Waals surface area contributed by atoms with Gasteiger partial charge in [-0.25, -0.2) is 0 Å². The first-order valence-electron chi connectivity index (χ1n) is 3.89. The molecular formula is C9H14O. The minimum absolute atomic E-state index is 0.296. The molecule has 1 aliphatic rings. The molecule has 0 amide bonds. The normalized spacial score (nSPS) is 25.9. The largest absolute Gasteiger partial charge is 0.295 e. The molecule has 56 valence electrons. The Morgan fingerprint density at radius 2 is 2.30 bits per heavy atom. The van der Waals surface area contributed by atoms with E-state index in [4.69, 9.17) is 0 Å². The van der Waals surface area contributed by atoms with Gasteiger partial charge in [0.2, 0.25) is 0 Å². The van der Waals surface area contributed by atoms with Crippen molar-refractivity contribution in [3.05, 3.63) is 12.2 Å². The van der Waals surface area contributed by atoms with E-state index in [9.17, 15) is 4.79 Å². The summed E-state index contributed by atoms with van der Waals surface area (Å²) in [7, 11) is 0. The summed E-state index contributed by atoms with van der Waals surface area (Å²) in [6.45, 7) is 4.36. The van der Waals surface area contributed by atoms with E-state index < -0.39 is 0 Å². The molecule has 0 unspecified atom stereocenters. The summed E-state index contributed by atoms with van der Waals surface area (Å²) in [6.07, 6.45) is 5.55. The van der Waals surface area contributed by atoms with Gasteiger partial charge in [0.1, 0.15) is 0 Å². The van der Waals surface area contributed by atoms with Crippen molar-refractivity contribution < 1.29 is 4.79 Å². The third-order valence-corrected chi connectivity index (χ3v) is 2.15. The van der Waals surface area contributed by atoms with Gasteiger partial charge < -0.3 is 0 Å². The average Bonchev–Trinajstić information content (AvgIpc) is 1.88. The Morgan fingerprint density at radius 3 is 2.70 bits per heavy atom. The van der Waals surface area contributed by atoms with Gasteiger partial charge in [-0.2, -0.15) is 0 Å². The Kier molecular flexibility index (Phi) is 2.25. The van der Waals surface area contributed by atoms with Crippen LogP contribution in [0.1, 0.15) is 26.7 Å². The summed E-state index contributed by atoms with van der Waals surface area (Å²) < 4.78 is 0. The topological polar surface area (TPSA) is 17.1 Å². The van der Waals surface area contributed by atoms with Crippen molar-refractivity contribution in [2.75, 3.05) is 0 Å². The SMILES string of the molecule is CC(C)[C@H]1CC=CC(=O)C1. The lowest BCUT2D eigenvalue weighted by atomic mass is 9.85. The molecule has 0 aromatic rings. The van der Waals surface area contributed by atoms with Gasteiger partial charge >= 0.3 is 0 Å². The molecule has 0 radical (unpaired) electrons. The molecule has 0 aromatic carbocycles. The Bertz CT molecular complexity index is 156. The first-order valence-corrected chi connectivity index (χ1v) is 3.89. The first-order chi connectivity index (χ1) is 4.70. The van der Waals surface area contributed by atoms with Gasteiger partial charge in [0, 0.05) is 6.42 Å². The van der Waals surface area contributed by atoms with Gasteiger partial charge in [0.15, 0.2) is 5.78 Å². The van der Waals surface area contributed by atoms with Gasteiger partial charge in [0.25, 0.3) is 0 Å². The van der Waals surface area contributed by atoms with Crippen LogP contribution in [0.2, 0.25) is 0 Å². The highest BCUT2D eigenvalue weighted by atomic mass is 16.1. The zero-order valence-corrected chi connectivity index (χ0v) is 6.63. The fraction of sp³-hybridized carbons (Fsp3) is 0.667. The number of rotatable bonds is 1. The second kappa shape index (κ2) is 3.00. The van der Waals surface area contributed by atoms with E-state index in [2.05, 4.69) is 13.8 Å². The van der Waals surface area contributed by atoms with E-state index in [1.807, 2.05) is 6.08 Å². The predicted octanol–water partition coefficient (Wildman–Crippen LogP) is 2.18. The maximum absolute atomic E-state index is 10.9. The van der Waals surface area contributed by atoms with Crippen LogP contribution < -0.4 is 0 Å². The number of hydrogen-bond acceptors (Lipinski definition) is 1. The molecular weight excluding hydrogens is 124 g/mol. The molecule has 10 heavy (non-hydrogen) atoms. The molecule has 0 bridgehead atoms. The number of allylic oxidation sites excluding steroid dienone is 2. The van der Waals surface area contributed by atoms with Crippen LogP contribution in [-0.2, 0) is 4.79 Å². The molecule has 0 saturated carbocycles. The second-order valence-corrected chi connectivity index (χ2v) is 3.31. The molecule has 1 rings (SSSR count). The maximum atomic E-state index is 10.9. The Hall–Kier alpha value is -0.590. The van der Waals surface area contributed by atoms with Gasteiger partial charge in [-0.15, -0.1) is 0 Å². The molecule has 1 aliphatic carbocycles. The van der Waals surface area contributed by atoms with Crippen molar-refractivity contribution in [2.24, 2.45) is 11.8 Å². The lowest BCUT2D eigenvalue weighted by molar-refractivity contribution is -0.116. The highest BCUT2D eigenvalue weighted by Gasteiger charge is 2.17. The van der Waals surface area contributed by atoms with Gasteiger partial charge in [-0.1, -0.05) is 19.9 Å². The highest BCUT2D eigenvalue weighted by Crippen LogP contribution is 2.23. The van der Waals surface area contributed by atoms with Crippen molar-refractivity contribution in [1.29, 1.82) is 0 Å². The monoisotopic (exact) mass is 138 g/mol. The Balaban J connectivity index is 2.52. The van der Waals surface area contributed by atoms with Crippen molar-refractivity contribution in [3.63, 3.8) is 0 Å². The van der Waals surface area contributed by atoms with Crippen LogP contribution in [-0.4, -0.2) is 5.78 Å². The zero-order valence-electron chi connectivity index (χ0n) is 6.63. The predicted molar refractivity (Wildman–Crippen MR) is 41.7 cm³/mol. The van der Waals surface area contributed by atoms with E-state index >= 15 is 0 Å². The van der Waals surface area contributed by atoms with E-state index in [-0.39, 0.29) is 0 Å². The molecule has 1 heteroatoms. The molecule has 0 N–H and O–H groups in total.